The first-order valence-corrected chi connectivity index (χ1v) is 4.55. The molecule has 72 valence electrons. The molecule has 0 spiro atoms. The monoisotopic (exact) mass is 182 g/mol. The van der Waals surface area contributed by atoms with Gasteiger partial charge in [0.2, 0.25) is 0 Å². The Hall–Kier alpha value is -0.940. The Balaban J connectivity index is 2.13. The van der Waals surface area contributed by atoms with Crippen molar-refractivity contribution >= 4 is 0 Å². The van der Waals surface area contributed by atoms with E-state index in [4.69, 9.17) is 5.73 Å². The summed E-state index contributed by atoms with van der Waals surface area (Å²) in [5.41, 5.74) is 5.59. The van der Waals surface area contributed by atoms with Crippen molar-refractivity contribution < 1.29 is 5.11 Å². The van der Waals surface area contributed by atoms with Crippen molar-refractivity contribution in [1.29, 1.82) is 0 Å². The van der Waals surface area contributed by atoms with E-state index in [0.717, 1.165) is 12.8 Å². The zero-order valence-electron chi connectivity index (χ0n) is 7.40. The molecule has 4 N–H and O–H groups in total. The molecule has 1 heterocycles. The third-order valence-corrected chi connectivity index (χ3v) is 2.75. The van der Waals surface area contributed by atoms with Crippen LogP contribution in [-0.2, 0) is 5.60 Å². The Morgan fingerprint density at radius 1 is 1.54 bits per heavy atom. The second kappa shape index (κ2) is 3.08. The summed E-state index contributed by atoms with van der Waals surface area (Å²) >= 11 is 0. The van der Waals surface area contributed by atoms with Crippen LogP contribution in [0, 0.1) is 0 Å². The molecule has 0 aromatic carbocycles. The van der Waals surface area contributed by atoms with Gasteiger partial charge in [0.15, 0.2) is 0 Å². The highest BCUT2D eigenvalue weighted by atomic mass is 16.3. The predicted octanol–water partition coefficient (Wildman–Crippen LogP) is -0.106. The normalized spacial score (nSPS) is 34.8. The lowest BCUT2D eigenvalue weighted by molar-refractivity contribution is -0.00894. The second-order valence-corrected chi connectivity index (χ2v) is 3.72. The number of hydrogen-bond acceptors (Lipinski definition) is 4. The Morgan fingerprint density at radius 3 is 2.77 bits per heavy atom. The number of aromatic nitrogens is 3. The van der Waals surface area contributed by atoms with Gasteiger partial charge in [0, 0.05) is 6.04 Å². The van der Waals surface area contributed by atoms with Crippen LogP contribution in [0.5, 0.6) is 0 Å². The maximum atomic E-state index is 10.2. The first-order valence-electron chi connectivity index (χ1n) is 4.55. The summed E-state index contributed by atoms with van der Waals surface area (Å²) in [7, 11) is 0. The average Bonchev–Trinajstić information content (AvgIpc) is 2.63. The van der Waals surface area contributed by atoms with Gasteiger partial charge >= 0.3 is 0 Å². The molecular weight excluding hydrogens is 168 g/mol. The van der Waals surface area contributed by atoms with E-state index in [0.29, 0.717) is 18.5 Å². The van der Waals surface area contributed by atoms with Gasteiger partial charge in [0.1, 0.15) is 11.3 Å². The van der Waals surface area contributed by atoms with Crippen LogP contribution in [-0.4, -0.2) is 26.6 Å². The fourth-order valence-corrected chi connectivity index (χ4v) is 1.80. The van der Waals surface area contributed by atoms with Crippen LogP contribution in [0.2, 0.25) is 0 Å². The topological polar surface area (TPSA) is 87.8 Å². The molecule has 13 heavy (non-hydrogen) atoms. The predicted molar refractivity (Wildman–Crippen MR) is 46.7 cm³/mol. The molecular formula is C8H14N4O. The van der Waals surface area contributed by atoms with Crippen molar-refractivity contribution in [2.75, 3.05) is 0 Å². The van der Waals surface area contributed by atoms with Gasteiger partial charge < -0.3 is 10.8 Å². The maximum absolute atomic E-state index is 10.2. The molecule has 0 saturated heterocycles. The molecule has 0 unspecified atom stereocenters. The standard InChI is InChI=1S/C8H14N4O/c9-6-1-3-8(13,4-2-6)7-5-10-12-11-7/h5-6,13H,1-4,9H2,(H,10,11,12). The average molecular weight is 182 g/mol. The van der Waals surface area contributed by atoms with Crippen LogP contribution in [0.1, 0.15) is 31.4 Å². The maximum Gasteiger partial charge on any atom is 0.114 e. The summed E-state index contributed by atoms with van der Waals surface area (Å²) in [6.45, 7) is 0. The van der Waals surface area contributed by atoms with Gasteiger partial charge in [-0.05, 0) is 25.7 Å². The molecule has 5 nitrogen and oxygen atoms in total. The van der Waals surface area contributed by atoms with Crippen molar-refractivity contribution in [3.05, 3.63) is 11.9 Å². The van der Waals surface area contributed by atoms with E-state index < -0.39 is 5.60 Å². The molecule has 5 heteroatoms. The fraction of sp³-hybridized carbons (Fsp3) is 0.750. The van der Waals surface area contributed by atoms with Gasteiger partial charge in [-0.15, -0.1) is 0 Å². The summed E-state index contributed by atoms with van der Waals surface area (Å²) in [5, 5.41) is 20.3. The summed E-state index contributed by atoms with van der Waals surface area (Å²) < 4.78 is 0. The lowest BCUT2D eigenvalue weighted by atomic mass is 9.81. The van der Waals surface area contributed by atoms with Crippen molar-refractivity contribution in [3.8, 4) is 0 Å². The van der Waals surface area contributed by atoms with Gasteiger partial charge in [-0.1, -0.05) is 0 Å². The van der Waals surface area contributed by atoms with Gasteiger partial charge in [-0.2, -0.15) is 15.4 Å². The summed E-state index contributed by atoms with van der Waals surface area (Å²) in [5.74, 6) is 0. The van der Waals surface area contributed by atoms with E-state index in [9.17, 15) is 5.11 Å². The van der Waals surface area contributed by atoms with E-state index in [-0.39, 0.29) is 6.04 Å². The molecule has 1 aromatic heterocycles. The molecule has 0 radical (unpaired) electrons. The van der Waals surface area contributed by atoms with Gasteiger partial charge in [-0.25, -0.2) is 0 Å². The minimum atomic E-state index is -0.803. The zero-order valence-corrected chi connectivity index (χ0v) is 7.40. The third kappa shape index (κ3) is 1.57. The molecule has 1 fully saturated rings. The molecule has 0 amide bonds. The van der Waals surface area contributed by atoms with Crippen molar-refractivity contribution in [2.24, 2.45) is 5.73 Å². The van der Waals surface area contributed by atoms with E-state index in [2.05, 4.69) is 15.4 Å². The molecule has 1 aliphatic rings. The summed E-state index contributed by atoms with van der Waals surface area (Å²) in [6, 6.07) is 0.229. The van der Waals surface area contributed by atoms with E-state index >= 15 is 0 Å². The first-order chi connectivity index (χ1) is 6.21. The molecule has 1 saturated carbocycles. The second-order valence-electron chi connectivity index (χ2n) is 3.72. The van der Waals surface area contributed by atoms with Crippen molar-refractivity contribution in [1.82, 2.24) is 15.4 Å². The highest BCUT2D eigenvalue weighted by Crippen LogP contribution is 2.34. The van der Waals surface area contributed by atoms with Crippen LogP contribution in [0.4, 0.5) is 0 Å². The largest absolute Gasteiger partial charge is 0.383 e. The third-order valence-electron chi connectivity index (χ3n) is 2.75. The Labute approximate surface area is 76.3 Å². The van der Waals surface area contributed by atoms with Gasteiger partial charge in [0.05, 0.1) is 6.20 Å². The molecule has 0 atom stereocenters. The quantitative estimate of drug-likeness (QED) is 0.565. The first kappa shape index (κ1) is 8.65. The highest BCUT2D eigenvalue weighted by Gasteiger charge is 2.35. The molecule has 2 rings (SSSR count). The number of nitrogens with one attached hydrogen (secondary N) is 1. The highest BCUT2D eigenvalue weighted by molar-refractivity contribution is 5.07. The fourth-order valence-electron chi connectivity index (χ4n) is 1.80. The number of aliphatic hydroxyl groups is 1. The number of H-pyrrole nitrogens is 1. The Bertz CT molecular complexity index is 264. The van der Waals surface area contributed by atoms with Crippen LogP contribution >= 0.6 is 0 Å². The lowest BCUT2D eigenvalue weighted by Gasteiger charge is -2.32. The Kier molecular flexibility index (Phi) is 2.05. The van der Waals surface area contributed by atoms with E-state index in [1.807, 2.05) is 0 Å². The van der Waals surface area contributed by atoms with E-state index in [1.165, 1.54) is 0 Å². The van der Waals surface area contributed by atoms with Crippen LogP contribution in [0.3, 0.4) is 0 Å². The molecule has 1 aromatic rings. The van der Waals surface area contributed by atoms with Crippen LogP contribution in [0.25, 0.3) is 0 Å². The molecule has 0 aliphatic heterocycles. The van der Waals surface area contributed by atoms with Crippen molar-refractivity contribution in [2.45, 2.75) is 37.3 Å². The number of aromatic amines is 1. The van der Waals surface area contributed by atoms with E-state index in [1.54, 1.807) is 6.20 Å². The van der Waals surface area contributed by atoms with Crippen molar-refractivity contribution in [3.63, 3.8) is 0 Å². The van der Waals surface area contributed by atoms with Crippen LogP contribution < -0.4 is 5.73 Å². The lowest BCUT2D eigenvalue weighted by Crippen LogP contribution is -2.37. The smallest absolute Gasteiger partial charge is 0.114 e. The summed E-state index contributed by atoms with van der Waals surface area (Å²) in [6.07, 6.45) is 4.64. The minimum Gasteiger partial charge on any atom is -0.383 e. The van der Waals surface area contributed by atoms with Gasteiger partial charge in [0.25, 0.3) is 0 Å². The number of nitrogens with zero attached hydrogens (tertiary/aromatic N) is 2. The minimum absolute atomic E-state index is 0.229. The molecule has 1 aliphatic carbocycles. The number of hydrogen-bond donors (Lipinski definition) is 3. The van der Waals surface area contributed by atoms with Crippen LogP contribution in [0.15, 0.2) is 6.20 Å². The summed E-state index contributed by atoms with van der Waals surface area (Å²) in [4.78, 5) is 0. The number of rotatable bonds is 1. The van der Waals surface area contributed by atoms with Gasteiger partial charge in [-0.3, -0.25) is 0 Å². The number of nitrogens with two attached hydrogens (primary N) is 1. The molecule has 0 bridgehead atoms. The SMILES string of the molecule is NC1CCC(O)(c2cn[nH]n2)CC1. The Morgan fingerprint density at radius 2 is 2.23 bits per heavy atom. The zero-order chi connectivity index (χ0) is 9.31.